The lowest BCUT2D eigenvalue weighted by Gasteiger charge is -1.99. The van der Waals surface area contributed by atoms with Gasteiger partial charge in [0.05, 0.1) is 12.0 Å². The molecule has 0 saturated heterocycles. The second kappa shape index (κ2) is 4.85. The third-order valence-corrected chi connectivity index (χ3v) is 3.01. The Labute approximate surface area is 96.3 Å². The van der Waals surface area contributed by atoms with Crippen LogP contribution in [0, 0.1) is 0 Å². The minimum absolute atomic E-state index is 0.224. The van der Waals surface area contributed by atoms with E-state index in [9.17, 15) is 4.79 Å². The Bertz CT molecular complexity index is 481. The van der Waals surface area contributed by atoms with Crippen LogP contribution < -0.4 is 0 Å². The first-order chi connectivity index (χ1) is 7.77. The summed E-state index contributed by atoms with van der Waals surface area (Å²) in [6.07, 6.45) is 4.79. The Kier molecular flexibility index (Phi) is 3.26. The van der Waals surface area contributed by atoms with Crippen molar-refractivity contribution in [2.45, 2.75) is 10.6 Å². The van der Waals surface area contributed by atoms with Gasteiger partial charge in [0.2, 0.25) is 0 Å². The van der Waals surface area contributed by atoms with Crippen LogP contribution in [0.25, 0.3) is 0 Å². The van der Waals surface area contributed by atoms with Crippen molar-refractivity contribution in [3.63, 3.8) is 0 Å². The highest BCUT2D eigenvalue weighted by Gasteiger charge is 2.13. The number of carboxylic acids is 1. The van der Waals surface area contributed by atoms with Gasteiger partial charge in [-0.25, -0.2) is 4.79 Å². The molecule has 0 aliphatic rings. The summed E-state index contributed by atoms with van der Waals surface area (Å²) < 4.78 is 5.13. The molecule has 1 N–H and O–H groups in total. The van der Waals surface area contributed by atoms with E-state index in [1.807, 2.05) is 12.1 Å². The molecule has 4 nitrogen and oxygen atoms in total. The van der Waals surface area contributed by atoms with Gasteiger partial charge >= 0.3 is 5.97 Å². The van der Waals surface area contributed by atoms with Gasteiger partial charge in [0, 0.05) is 17.3 Å². The molecule has 0 aliphatic heterocycles. The fourth-order valence-electron chi connectivity index (χ4n) is 1.23. The predicted molar refractivity (Wildman–Crippen MR) is 59.5 cm³/mol. The van der Waals surface area contributed by atoms with Gasteiger partial charge < -0.3 is 9.52 Å². The number of rotatable bonds is 4. The molecule has 0 bridgehead atoms. The highest BCUT2D eigenvalue weighted by molar-refractivity contribution is 7.98. The number of hydrogen-bond acceptors (Lipinski definition) is 4. The molecule has 0 saturated carbocycles. The molecule has 16 heavy (non-hydrogen) atoms. The number of nitrogens with zero attached hydrogens (tertiary/aromatic N) is 1. The molecule has 82 valence electrons. The Morgan fingerprint density at radius 3 is 2.81 bits per heavy atom. The summed E-state index contributed by atoms with van der Waals surface area (Å²) in [4.78, 5) is 15.8. The van der Waals surface area contributed by atoms with Crippen LogP contribution in [0.15, 0.2) is 46.2 Å². The Morgan fingerprint density at radius 1 is 1.38 bits per heavy atom. The lowest BCUT2D eigenvalue weighted by Crippen LogP contribution is -1.97. The van der Waals surface area contributed by atoms with Gasteiger partial charge in [-0.1, -0.05) is 0 Å². The molecule has 0 aromatic carbocycles. The van der Waals surface area contributed by atoms with Crippen LogP contribution in [0.1, 0.15) is 16.1 Å². The summed E-state index contributed by atoms with van der Waals surface area (Å²) in [6, 6.07) is 5.20. The second-order valence-corrected chi connectivity index (χ2v) is 4.08. The molecule has 0 unspecified atom stereocenters. The van der Waals surface area contributed by atoms with Crippen molar-refractivity contribution in [3.05, 3.63) is 48.2 Å². The fraction of sp³-hybridized carbons (Fsp3) is 0.0909. The Balaban J connectivity index is 2.05. The molecule has 2 aromatic rings. The first-order valence-corrected chi connectivity index (χ1v) is 5.58. The minimum Gasteiger partial charge on any atom is -0.478 e. The largest absolute Gasteiger partial charge is 0.478 e. The molecule has 0 radical (unpaired) electrons. The van der Waals surface area contributed by atoms with Crippen molar-refractivity contribution in [1.29, 1.82) is 0 Å². The van der Waals surface area contributed by atoms with E-state index in [0.717, 1.165) is 4.90 Å². The third-order valence-electron chi connectivity index (χ3n) is 2.00. The van der Waals surface area contributed by atoms with E-state index in [1.54, 1.807) is 12.4 Å². The number of furan rings is 1. The van der Waals surface area contributed by atoms with Crippen LogP contribution in [0.3, 0.4) is 0 Å². The van der Waals surface area contributed by atoms with Crippen LogP contribution in [-0.2, 0) is 5.75 Å². The molecule has 2 rings (SSSR count). The number of aromatic carboxylic acids is 1. The number of carboxylic acid groups (broad SMARTS) is 1. The first kappa shape index (κ1) is 10.8. The van der Waals surface area contributed by atoms with Gasteiger partial charge in [0.1, 0.15) is 11.3 Å². The van der Waals surface area contributed by atoms with Gasteiger partial charge in [0.25, 0.3) is 0 Å². The Morgan fingerprint density at radius 2 is 2.12 bits per heavy atom. The zero-order valence-electron chi connectivity index (χ0n) is 8.29. The topological polar surface area (TPSA) is 63.3 Å². The summed E-state index contributed by atoms with van der Waals surface area (Å²) in [7, 11) is 0. The molecule has 2 heterocycles. The molecular weight excluding hydrogens is 226 g/mol. The van der Waals surface area contributed by atoms with Crippen LogP contribution in [0.5, 0.6) is 0 Å². The summed E-state index contributed by atoms with van der Waals surface area (Å²) in [6.45, 7) is 0. The van der Waals surface area contributed by atoms with Gasteiger partial charge in [-0.05, 0) is 18.2 Å². The third kappa shape index (κ3) is 2.43. The summed E-state index contributed by atoms with van der Waals surface area (Å²) >= 11 is 1.51. The zero-order chi connectivity index (χ0) is 11.4. The second-order valence-electron chi connectivity index (χ2n) is 3.03. The van der Waals surface area contributed by atoms with E-state index in [1.165, 1.54) is 24.1 Å². The minimum atomic E-state index is -0.959. The maximum atomic E-state index is 10.8. The average molecular weight is 235 g/mol. The molecule has 0 spiro atoms. The number of pyridine rings is 1. The highest BCUT2D eigenvalue weighted by atomic mass is 32.2. The van der Waals surface area contributed by atoms with Crippen LogP contribution in [-0.4, -0.2) is 16.1 Å². The van der Waals surface area contributed by atoms with Crippen molar-refractivity contribution >= 4 is 17.7 Å². The van der Waals surface area contributed by atoms with E-state index in [4.69, 9.17) is 9.52 Å². The van der Waals surface area contributed by atoms with E-state index in [-0.39, 0.29) is 5.56 Å². The molecule has 0 aliphatic carbocycles. The number of thioether (sulfide) groups is 1. The van der Waals surface area contributed by atoms with Crippen LogP contribution in [0.4, 0.5) is 0 Å². The average Bonchev–Trinajstić information content (AvgIpc) is 2.76. The van der Waals surface area contributed by atoms with Gasteiger partial charge in [0.15, 0.2) is 0 Å². The maximum Gasteiger partial charge on any atom is 0.339 e. The smallest absolute Gasteiger partial charge is 0.339 e. The molecule has 5 heteroatoms. The SMILES string of the molecule is O=C(O)c1ccoc1CSc1ccncc1. The van der Waals surface area contributed by atoms with Crippen molar-refractivity contribution in [1.82, 2.24) is 4.98 Å². The number of aromatic nitrogens is 1. The predicted octanol–water partition coefficient (Wildman–Crippen LogP) is 2.67. The maximum absolute atomic E-state index is 10.8. The zero-order valence-corrected chi connectivity index (χ0v) is 9.11. The number of carbonyl (C=O) groups is 1. The highest BCUT2D eigenvalue weighted by Crippen LogP contribution is 2.24. The van der Waals surface area contributed by atoms with E-state index >= 15 is 0 Å². The van der Waals surface area contributed by atoms with Crippen LogP contribution >= 0.6 is 11.8 Å². The summed E-state index contributed by atoms with van der Waals surface area (Å²) in [5.41, 5.74) is 0.224. The van der Waals surface area contributed by atoms with E-state index < -0.39 is 5.97 Å². The standard InChI is InChI=1S/C11H9NO3S/c13-11(14)9-3-6-15-10(9)7-16-8-1-4-12-5-2-8/h1-6H,7H2,(H,13,14). The van der Waals surface area contributed by atoms with E-state index in [0.29, 0.717) is 11.5 Å². The fourth-order valence-corrected chi connectivity index (χ4v) is 2.06. The van der Waals surface area contributed by atoms with Crippen LogP contribution in [0.2, 0.25) is 0 Å². The van der Waals surface area contributed by atoms with Gasteiger partial charge in [-0.2, -0.15) is 0 Å². The van der Waals surface area contributed by atoms with Crippen molar-refractivity contribution < 1.29 is 14.3 Å². The summed E-state index contributed by atoms with van der Waals surface area (Å²) in [5.74, 6) is 0.0203. The molecule has 0 fully saturated rings. The lowest BCUT2D eigenvalue weighted by molar-refractivity contribution is 0.0695. The van der Waals surface area contributed by atoms with E-state index in [2.05, 4.69) is 4.98 Å². The molecule has 0 atom stereocenters. The van der Waals surface area contributed by atoms with Crippen molar-refractivity contribution in [2.24, 2.45) is 0 Å². The molecular formula is C11H9NO3S. The van der Waals surface area contributed by atoms with Gasteiger partial charge in [-0.3, -0.25) is 4.98 Å². The lowest BCUT2D eigenvalue weighted by atomic mass is 10.3. The summed E-state index contributed by atoms with van der Waals surface area (Å²) in [5, 5.41) is 8.87. The Hall–Kier alpha value is -1.75. The van der Waals surface area contributed by atoms with Crippen molar-refractivity contribution in [2.75, 3.05) is 0 Å². The monoisotopic (exact) mass is 235 g/mol. The molecule has 2 aromatic heterocycles. The van der Waals surface area contributed by atoms with Gasteiger partial charge in [-0.15, -0.1) is 11.8 Å². The number of hydrogen-bond donors (Lipinski definition) is 1. The normalized spacial score (nSPS) is 10.2. The first-order valence-electron chi connectivity index (χ1n) is 4.60. The molecule has 0 amide bonds. The quantitative estimate of drug-likeness (QED) is 0.825. The van der Waals surface area contributed by atoms with Crippen molar-refractivity contribution in [3.8, 4) is 0 Å².